The van der Waals surface area contributed by atoms with Crippen LogP contribution in [0.2, 0.25) is 20.1 Å². The van der Waals surface area contributed by atoms with Crippen molar-refractivity contribution in [1.82, 2.24) is 34.7 Å². The second kappa shape index (κ2) is 29.0. The lowest BCUT2D eigenvalue weighted by Gasteiger charge is -2.36. The molecule has 0 spiro atoms. The molecule has 2 aromatic carbocycles. The van der Waals surface area contributed by atoms with E-state index in [0.29, 0.717) is 68.3 Å². The van der Waals surface area contributed by atoms with Gasteiger partial charge in [0.2, 0.25) is 5.91 Å². The van der Waals surface area contributed by atoms with Gasteiger partial charge in [0.05, 0.1) is 65.5 Å². The first-order valence-electron chi connectivity index (χ1n) is 23.3. The average Bonchev–Trinajstić information content (AvgIpc) is 4.09. The van der Waals surface area contributed by atoms with Crippen LogP contribution in [0.15, 0.2) is 36.4 Å². The smallest absolute Gasteiger partial charge is 0.436 e. The Morgan fingerprint density at radius 3 is 1.72 bits per heavy atom. The molecule has 4 aliphatic rings. The third-order valence-corrected chi connectivity index (χ3v) is 13.6. The summed E-state index contributed by atoms with van der Waals surface area (Å²) in [4.78, 5) is 32.2. The normalized spacial score (nSPS) is 17.3. The number of nitrogens with one attached hydrogen (secondary N) is 1. The summed E-state index contributed by atoms with van der Waals surface area (Å²) in [6.07, 6.45) is -7.99. The highest BCUT2D eigenvalue weighted by atomic mass is 79.9. The lowest BCUT2D eigenvalue weighted by Crippen LogP contribution is -2.49. The minimum absolute atomic E-state index is 0.0499. The number of benzene rings is 2. The van der Waals surface area contributed by atoms with Crippen molar-refractivity contribution in [3.05, 3.63) is 79.3 Å². The summed E-state index contributed by atoms with van der Waals surface area (Å²) in [5.41, 5.74) is -0.0181. The van der Waals surface area contributed by atoms with Crippen molar-refractivity contribution in [3.63, 3.8) is 0 Å². The summed E-state index contributed by atoms with van der Waals surface area (Å²) in [6.45, 7) is 10.1. The zero-order valence-electron chi connectivity index (χ0n) is 40.7. The van der Waals surface area contributed by atoms with Crippen LogP contribution in [-0.4, -0.2) is 159 Å². The molecule has 2 N–H and O–H groups in total. The first kappa shape index (κ1) is 60.9. The molecule has 74 heavy (non-hydrogen) atoms. The van der Waals surface area contributed by atoms with Gasteiger partial charge in [0.1, 0.15) is 24.6 Å². The number of rotatable bonds is 12. The molecule has 6 heterocycles. The van der Waals surface area contributed by atoms with Gasteiger partial charge in [-0.15, -0.1) is 0 Å². The van der Waals surface area contributed by atoms with E-state index in [1.807, 2.05) is 35.2 Å². The molecule has 4 saturated heterocycles. The second-order valence-electron chi connectivity index (χ2n) is 16.6. The van der Waals surface area contributed by atoms with Crippen molar-refractivity contribution in [2.75, 3.05) is 116 Å². The Morgan fingerprint density at radius 1 is 0.757 bits per heavy atom. The number of piperazine rings is 2. The Morgan fingerprint density at radius 2 is 1.27 bits per heavy atom. The number of aliphatic hydroxyl groups excluding tert-OH is 1. The van der Waals surface area contributed by atoms with Crippen LogP contribution in [0.1, 0.15) is 42.5 Å². The van der Waals surface area contributed by atoms with E-state index in [1.54, 1.807) is 32.1 Å². The number of hydrogen-bond donors (Lipinski definition) is 2. The Balaban J connectivity index is 0.000000215. The number of methoxy groups -OCH3 is 2. The van der Waals surface area contributed by atoms with Gasteiger partial charge in [0.25, 0.3) is 0 Å². The zero-order valence-corrected chi connectivity index (χ0v) is 45.3. The Kier molecular flexibility index (Phi) is 23.8. The summed E-state index contributed by atoms with van der Waals surface area (Å²) in [6, 6.07) is 11.4. The van der Waals surface area contributed by atoms with Gasteiger partial charge < -0.3 is 48.8 Å². The number of aliphatic hydroxyl groups is 1. The van der Waals surface area contributed by atoms with E-state index in [0.717, 1.165) is 66.4 Å². The van der Waals surface area contributed by atoms with Crippen LogP contribution in [0.4, 0.5) is 37.7 Å². The van der Waals surface area contributed by atoms with Crippen LogP contribution in [0.5, 0.6) is 11.5 Å². The number of ether oxygens (including phenoxy) is 5. The molecule has 1 unspecified atom stereocenters. The van der Waals surface area contributed by atoms with E-state index < -0.39 is 52.6 Å². The van der Waals surface area contributed by atoms with Crippen LogP contribution in [0.3, 0.4) is 0 Å². The molecule has 1 amide bonds. The average molecular weight is 1200 g/mol. The van der Waals surface area contributed by atoms with Gasteiger partial charge in [-0.1, -0.05) is 62.3 Å². The van der Waals surface area contributed by atoms with Gasteiger partial charge in [-0.05, 0) is 37.6 Å². The SMILES string of the molecule is CCOC(=O)Cn1nc(C(F)(F)F)c(Cl)c1CBr.COc1cc(N2CCN(C(=O)Cn3nc(C(F)(F)F)c(Cl)c3CN3CCOCC3)CC2)ccc1Cl.COc1cc(N2CCNCC2)ccc1Cl.OC1CCCO1. The summed E-state index contributed by atoms with van der Waals surface area (Å²) in [5.74, 6) is 0.321. The molecule has 0 aliphatic carbocycles. The summed E-state index contributed by atoms with van der Waals surface area (Å²) < 4.78 is 105. The first-order chi connectivity index (χ1) is 35.2. The highest BCUT2D eigenvalue weighted by molar-refractivity contribution is 9.08. The molecule has 28 heteroatoms. The number of morpholine rings is 1. The largest absolute Gasteiger partial charge is 0.495 e. The third-order valence-electron chi connectivity index (χ3n) is 11.7. The maximum atomic E-state index is 13.5. The first-order valence-corrected chi connectivity index (χ1v) is 25.9. The molecule has 1 atom stereocenters. The molecule has 4 fully saturated rings. The van der Waals surface area contributed by atoms with Crippen LogP contribution >= 0.6 is 62.3 Å². The number of alkyl halides is 7. The topological polar surface area (TPSA) is 161 Å². The fraction of sp³-hybridized carbons (Fsp3) is 0.565. The van der Waals surface area contributed by atoms with E-state index in [9.17, 15) is 35.9 Å². The fourth-order valence-electron chi connectivity index (χ4n) is 7.77. The molecule has 2 aromatic heterocycles. The summed E-state index contributed by atoms with van der Waals surface area (Å²) in [7, 11) is 3.18. The number of hydrogen-bond acceptors (Lipinski definition) is 14. The van der Waals surface area contributed by atoms with Crippen LogP contribution < -0.4 is 24.6 Å². The predicted octanol–water partition coefficient (Wildman–Crippen LogP) is 8.29. The molecule has 412 valence electrons. The third kappa shape index (κ3) is 17.5. The Bertz CT molecular complexity index is 2430. The zero-order chi connectivity index (χ0) is 54.2. The fourth-order valence-corrected chi connectivity index (χ4v) is 9.50. The Hall–Kier alpha value is -3.98. The molecule has 0 radical (unpaired) electrons. The van der Waals surface area contributed by atoms with Gasteiger partial charge >= 0.3 is 18.3 Å². The van der Waals surface area contributed by atoms with Gasteiger partial charge in [-0.25, -0.2) is 0 Å². The number of anilines is 2. The molecular formula is C46H58BrCl4F6N9O8. The standard InChI is InChI=1S/C22H26Cl2F3N5O3.C11H15ClN2O.C9H9BrClF3N2O2.C4H8O2/c1-34-18-12-15(2-3-16(18)23)30-4-6-31(7-5-30)19(33)14-32-17(13-29-8-10-35-11-9-29)20(24)21(28-32)22(25,26)27;1-15-11-8-9(2-3-10(11)12)14-6-4-13-5-7-14;1-2-18-6(17)4-16-5(3-10)7(11)8(15-16)9(12,13)14;5-4-2-1-3-6-4/h2-3,12H,4-11,13-14H2,1H3;2-3,8,13H,4-7H2,1H3;2-4H2,1H3;4-5H,1-3H2. The van der Waals surface area contributed by atoms with Crippen LogP contribution in [0, 0.1) is 0 Å². The molecule has 4 aliphatic heterocycles. The van der Waals surface area contributed by atoms with Gasteiger partial charge in [0.15, 0.2) is 17.7 Å². The van der Waals surface area contributed by atoms with E-state index in [4.69, 9.17) is 70.5 Å². The predicted molar refractivity (Wildman–Crippen MR) is 271 cm³/mol. The monoisotopic (exact) mass is 1200 g/mol. The number of esters is 1. The van der Waals surface area contributed by atoms with E-state index in [2.05, 4.69) is 46.0 Å². The molecule has 17 nitrogen and oxygen atoms in total. The van der Waals surface area contributed by atoms with E-state index in [1.165, 1.54) is 5.69 Å². The molecule has 0 saturated carbocycles. The lowest BCUT2D eigenvalue weighted by atomic mass is 10.2. The van der Waals surface area contributed by atoms with E-state index >= 15 is 0 Å². The highest BCUT2D eigenvalue weighted by Crippen LogP contribution is 2.38. The molecule has 0 bridgehead atoms. The minimum atomic E-state index is -4.71. The van der Waals surface area contributed by atoms with Crippen molar-refractivity contribution in [3.8, 4) is 11.5 Å². The number of carbonyl (C=O) groups excluding carboxylic acids is 2. The van der Waals surface area contributed by atoms with Crippen molar-refractivity contribution < 1.29 is 64.7 Å². The van der Waals surface area contributed by atoms with Crippen molar-refractivity contribution >= 4 is 85.6 Å². The van der Waals surface area contributed by atoms with Crippen molar-refractivity contribution in [2.45, 2.75) is 63.4 Å². The van der Waals surface area contributed by atoms with Crippen LogP contribution in [0.25, 0.3) is 0 Å². The number of nitrogens with zero attached hydrogens (tertiary/aromatic N) is 8. The van der Waals surface area contributed by atoms with Crippen molar-refractivity contribution in [1.29, 1.82) is 0 Å². The number of amides is 1. The number of halogens is 11. The quantitative estimate of drug-likeness (QED) is 0.0792. The molecule has 8 rings (SSSR count). The number of aromatic nitrogens is 4. The number of carbonyl (C=O) groups is 2. The summed E-state index contributed by atoms with van der Waals surface area (Å²) >= 11 is 26.8. The van der Waals surface area contributed by atoms with Gasteiger partial charge in [-0.2, -0.15) is 36.5 Å². The van der Waals surface area contributed by atoms with Crippen LogP contribution in [-0.2, 0) is 61.1 Å². The maximum absolute atomic E-state index is 13.5. The molecule has 4 aromatic rings. The van der Waals surface area contributed by atoms with Gasteiger partial charge in [0, 0.05) is 114 Å². The van der Waals surface area contributed by atoms with Crippen molar-refractivity contribution in [2.24, 2.45) is 0 Å². The van der Waals surface area contributed by atoms with E-state index in [-0.39, 0.29) is 42.3 Å². The summed E-state index contributed by atoms with van der Waals surface area (Å²) in [5, 5.41) is 19.1. The second-order valence-corrected chi connectivity index (χ2v) is 18.7. The highest BCUT2D eigenvalue weighted by Gasteiger charge is 2.40. The minimum Gasteiger partial charge on any atom is -0.495 e. The molecular weight excluding hydrogens is 1140 g/mol. The lowest BCUT2D eigenvalue weighted by molar-refractivity contribution is -0.146. The Labute approximate surface area is 452 Å². The van der Waals surface area contributed by atoms with Gasteiger partial charge in [-0.3, -0.25) is 23.9 Å². The maximum Gasteiger partial charge on any atom is 0.436 e.